The second-order valence-electron chi connectivity index (χ2n) is 7.66. The van der Waals surface area contributed by atoms with Crippen molar-refractivity contribution in [1.82, 2.24) is 19.9 Å². The molecule has 3 aromatic heterocycles. The summed E-state index contributed by atoms with van der Waals surface area (Å²) >= 11 is 2.56. The van der Waals surface area contributed by atoms with Crippen molar-refractivity contribution >= 4 is 54.6 Å². The van der Waals surface area contributed by atoms with Gasteiger partial charge < -0.3 is 9.97 Å². The third-order valence-corrected chi connectivity index (χ3v) is 6.74. The molecule has 0 fully saturated rings. The van der Waals surface area contributed by atoms with Gasteiger partial charge in [0.05, 0.1) is 22.8 Å². The van der Waals surface area contributed by atoms with Gasteiger partial charge in [-0.15, -0.1) is 0 Å². The fourth-order valence-corrected chi connectivity index (χ4v) is 4.49. The van der Waals surface area contributed by atoms with Crippen LogP contribution in [0.15, 0.2) is 83.8 Å². The second kappa shape index (κ2) is 9.27. The van der Waals surface area contributed by atoms with Crippen molar-refractivity contribution in [2.75, 3.05) is 0 Å². The summed E-state index contributed by atoms with van der Waals surface area (Å²) < 4.78 is 21.5. The van der Waals surface area contributed by atoms with Gasteiger partial charge in [0, 0.05) is 22.1 Å². The zero-order valence-electron chi connectivity index (χ0n) is 17.8. The molecular weight excluding hydrogens is 487 g/mol. The van der Waals surface area contributed by atoms with Crippen LogP contribution >= 0.6 is 0 Å². The molecule has 6 rings (SSSR count). The molecule has 0 amide bonds. The minimum atomic E-state index is -3.19. The van der Waals surface area contributed by atoms with Crippen LogP contribution in [0.3, 0.4) is 0 Å². The van der Waals surface area contributed by atoms with Crippen LogP contribution in [0.2, 0.25) is 0 Å². The van der Waals surface area contributed by atoms with Gasteiger partial charge >= 0.3 is 66.8 Å². The van der Waals surface area contributed by atoms with E-state index < -0.39 is 8.26 Å². The molecule has 8 bridgehead atoms. The molecule has 8 heteroatoms. The molecule has 6 nitrogen and oxygen atoms in total. The average Bonchev–Trinajstić information content (AvgIpc) is 3.60. The Kier molecular flexibility index (Phi) is 6.02. The van der Waals surface area contributed by atoms with Crippen molar-refractivity contribution in [3.63, 3.8) is 0 Å². The standard InChI is InChI=1S/C20H14N4.C6H5O2S.Mn/c1-2-14-10-16-5-6-18(23-16)12-20-8-7-19(24-20)11-17-4-3-15(22-17)9-13(1)21-14;7-9(8)6-4-2-1-3-5-6;/h1-12,21,24H;1-5H;. The molecule has 0 aliphatic carbocycles. The topological polar surface area (TPSA) is 91.5 Å². The van der Waals surface area contributed by atoms with Crippen LogP contribution in [0, 0.1) is 0 Å². The van der Waals surface area contributed by atoms with Crippen molar-refractivity contribution in [2.24, 2.45) is 0 Å². The fraction of sp³-hybridized carbons (Fsp3) is 0. The average molecular weight is 506 g/mol. The predicted molar refractivity (Wildman–Crippen MR) is 132 cm³/mol. The van der Waals surface area contributed by atoms with Crippen molar-refractivity contribution < 1.29 is 23.3 Å². The molecule has 0 saturated heterocycles. The first-order chi connectivity index (χ1) is 16.4. The molecule has 5 heterocycles. The number of hydrogen-bond acceptors (Lipinski definition) is 4. The van der Waals surface area contributed by atoms with Crippen LogP contribution in [0.4, 0.5) is 0 Å². The van der Waals surface area contributed by atoms with Gasteiger partial charge in [0.15, 0.2) is 0 Å². The van der Waals surface area contributed by atoms with Crippen molar-refractivity contribution in [3.8, 4) is 0 Å². The zero-order valence-corrected chi connectivity index (χ0v) is 19.8. The monoisotopic (exact) mass is 506 g/mol. The van der Waals surface area contributed by atoms with Crippen LogP contribution < -0.4 is 0 Å². The molecule has 34 heavy (non-hydrogen) atoms. The van der Waals surface area contributed by atoms with Crippen molar-refractivity contribution in [3.05, 3.63) is 102 Å². The Morgan fingerprint density at radius 2 is 0.912 bits per heavy atom. The number of H-pyrrole nitrogens is 2. The molecular formula is C26H19MnN4O2S. The van der Waals surface area contributed by atoms with E-state index in [-0.39, 0.29) is 4.90 Å². The molecule has 0 unspecified atom stereocenters. The summed E-state index contributed by atoms with van der Waals surface area (Å²) in [4.78, 5) is 16.3. The van der Waals surface area contributed by atoms with Crippen LogP contribution in [-0.2, 0) is 23.1 Å². The van der Waals surface area contributed by atoms with E-state index in [2.05, 4.69) is 59.1 Å². The third-order valence-electron chi connectivity index (χ3n) is 5.07. The van der Waals surface area contributed by atoms with E-state index in [1.807, 2.05) is 48.6 Å². The van der Waals surface area contributed by atoms with E-state index in [4.69, 9.17) is 0 Å². The maximum atomic E-state index is 10.7. The van der Waals surface area contributed by atoms with Gasteiger partial charge in [-0.05, 0) is 72.8 Å². The molecule has 2 N–H and O–H groups in total. The normalized spacial score (nSPS) is 12.3. The first-order valence-electron chi connectivity index (χ1n) is 10.4. The van der Waals surface area contributed by atoms with Gasteiger partial charge in [-0.25, -0.2) is 9.97 Å². The third kappa shape index (κ3) is 5.43. The van der Waals surface area contributed by atoms with Gasteiger partial charge in [-0.3, -0.25) is 0 Å². The summed E-state index contributed by atoms with van der Waals surface area (Å²) in [6, 6.07) is 24.5. The molecule has 168 valence electrons. The van der Waals surface area contributed by atoms with Gasteiger partial charge in [-0.1, -0.05) is 0 Å². The Morgan fingerprint density at radius 1 is 0.559 bits per heavy atom. The quantitative estimate of drug-likeness (QED) is 0.285. The van der Waals surface area contributed by atoms with Crippen molar-refractivity contribution in [1.29, 1.82) is 0 Å². The van der Waals surface area contributed by atoms with Gasteiger partial charge in [0.2, 0.25) is 0 Å². The predicted octanol–water partition coefficient (Wildman–Crippen LogP) is 5.58. The summed E-state index contributed by atoms with van der Waals surface area (Å²) in [5.41, 5.74) is 7.86. The maximum absolute atomic E-state index is 10.7. The number of benzene rings is 1. The summed E-state index contributed by atoms with van der Waals surface area (Å²) in [5.74, 6) is 0. The first kappa shape index (κ1) is 22.1. The van der Waals surface area contributed by atoms with E-state index in [0.717, 1.165) is 44.8 Å². The number of aromatic amines is 2. The molecule has 2 aliphatic heterocycles. The Morgan fingerprint density at radius 3 is 1.21 bits per heavy atom. The summed E-state index contributed by atoms with van der Waals surface area (Å²) in [6.07, 6.45) is 8.09. The molecule has 4 aromatic rings. The van der Waals surface area contributed by atoms with Crippen LogP contribution in [0.5, 0.6) is 0 Å². The number of aromatic nitrogens is 4. The van der Waals surface area contributed by atoms with Gasteiger partial charge in [0.25, 0.3) is 0 Å². The summed E-state index contributed by atoms with van der Waals surface area (Å²) in [6.45, 7) is 0. The number of nitrogens with one attached hydrogen (secondary N) is 2. The van der Waals surface area contributed by atoms with E-state index in [9.17, 15) is 8.42 Å². The molecule has 0 saturated carbocycles. The van der Waals surface area contributed by atoms with Crippen LogP contribution in [0.25, 0.3) is 46.4 Å². The van der Waals surface area contributed by atoms with E-state index in [1.54, 1.807) is 18.2 Å². The number of nitrogens with zero attached hydrogens (tertiary/aromatic N) is 2. The molecule has 0 spiro atoms. The van der Waals surface area contributed by atoms with E-state index in [1.165, 1.54) is 12.1 Å². The Balaban J connectivity index is 0.000000204. The Hall–Kier alpha value is -3.71. The molecule has 0 radical (unpaired) electrons. The number of fused-ring (bicyclic) bond motifs is 8. The van der Waals surface area contributed by atoms with Crippen molar-refractivity contribution in [2.45, 2.75) is 4.90 Å². The Labute approximate surface area is 203 Å². The van der Waals surface area contributed by atoms with Gasteiger partial charge in [-0.2, -0.15) is 0 Å². The van der Waals surface area contributed by atoms with Gasteiger partial charge in [0.1, 0.15) is 0 Å². The first-order valence-corrected chi connectivity index (χ1v) is 13.3. The Bertz CT molecular complexity index is 1510. The SMILES string of the molecule is C1=Cc2cc3ccc(cc4nc(cc5ccc(cc1n2)[nH]5)C=C4)[nH]3.O=[S](=O)([Mn])c1ccccc1. The van der Waals surface area contributed by atoms with E-state index >= 15 is 0 Å². The van der Waals surface area contributed by atoms with Crippen LogP contribution in [0.1, 0.15) is 22.8 Å². The van der Waals surface area contributed by atoms with Crippen LogP contribution in [-0.4, -0.2) is 28.4 Å². The molecule has 0 atom stereocenters. The summed E-state index contributed by atoms with van der Waals surface area (Å²) in [7, 11) is -3.19. The summed E-state index contributed by atoms with van der Waals surface area (Å²) in [5, 5.41) is 0. The fourth-order valence-electron chi connectivity index (χ4n) is 3.53. The van der Waals surface area contributed by atoms with E-state index in [0.29, 0.717) is 0 Å². The molecule has 1 aromatic carbocycles. The zero-order chi connectivity index (χ0) is 23.5. The number of hydrogen-bond donors (Lipinski definition) is 2. The second-order valence-corrected chi connectivity index (χ2v) is 10.9. The molecule has 2 aliphatic rings. The minimum absolute atomic E-state index is 0.287. The number of rotatable bonds is 1.